The highest BCUT2D eigenvalue weighted by Gasteiger charge is 2.56. The maximum Gasteiger partial charge on any atom is 0.408 e. The average molecular weight is 454 g/mol. The molecule has 0 aromatic carbocycles. The number of methoxy groups -OCH3 is 1. The topological polar surface area (TPSA) is 108 Å². The molecule has 2 heterocycles. The van der Waals surface area contributed by atoms with Gasteiger partial charge in [0.2, 0.25) is 0 Å². The molecule has 0 saturated carbocycles. The number of esters is 1. The number of Topliss-reactive ketones (excluding diaryl/α,β-unsaturated/α-hetero) is 2. The first kappa shape index (κ1) is 26.3. The van der Waals surface area contributed by atoms with Crippen molar-refractivity contribution in [2.24, 2.45) is 29.6 Å². The van der Waals surface area contributed by atoms with Crippen LogP contribution < -0.4 is 5.32 Å². The molecule has 9 atom stereocenters. The first-order valence-corrected chi connectivity index (χ1v) is 11.6. The predicted octanol–water partition coefficient (Wildman–Crippen LogP) is 3.30. The van der Waals surface area contributed by atoms with Crippen molar-refractivity contribution in [1.82, 2.24) is 5.32 Å². The Bertz CT molecular complexity index is 767. The van der Waals surface area contributed by atoms with Crippen LogP contribution in [-0.2, 0) is 28.6 Å². The largest absolute Gasteiger partial charge is 0.458 e. The fraction of sp³-hybridized carbons (Fsp3) is 0.833. The third kappa shape index (κ3) is 4.56. The molecule has 0 radical (unpaired) electrons. The van der Waals surface area contributed by atoms with Gasteiger partial charge in [0, 0.05) is 24.9 Å². The van der Waals surface area contributed by atoms with E-state index in [1.807, 2.05) is 27.7 Å². The van der Waals surface area contributed by atoms with Gasteiger partial charge in [-0.1, -0.05) is 34.6 Å². The van der Waals surface area contributed by atoms with E-state index < -0.39 is 53.2 Å². The van der Waals surface area contributed by atoms with E-state index in [0.717, 1.165) is 0 Å². The van der Waals surface area contributed by atoms with Crippen LogP contribution >= 0.6 is 0 Å². The second-order valence-corrected chi connectivity index (χ2v) is 10.0. The molecule has 2 fully saturated rings. The van der Waals surface area contributed by atoms with Gasteiger partial charge >= 0.3 is 12.1 Å². The van der Waals surface area contributed by atoms with Crippen molar-refractivity contribution in [2.75, 3.05) is 7.11 Å². The molecule has 8 heteroatoms. The number of amides is 1. The number of fused-ring (bicyclic) bond motifs is 1. The van der Waals surface area contributed by atoms with Crippen LogP contribution in [0.5, 0.6) is 0 Å². The lowest BCUT2D eigenvalue weighted by atomic mass is 9.71. The van der Waals surface area contributed by atoms with Gasteiger partial charge in [0.05, 0.1) is 11.6 Å². The van der Waals surface area contributed by atoms with E-state index in [4.69, 9.17) is 14.2 Å². The van der Waals surface area contributed by atoms with Crippen LogP contribution in [0.2, 0.25) is 0 Å². The van der Waals surface area contributed by atoms with Gasteiger partial charge in [0.25, 0.3) is 0 Å². The quantitative estimate of drug-likeness (QED) is 0.505. The summed E-state index contributed by atoms with van der Waals surface area (Å²) in [5.74, 6) is -3.62. The Balaban J connectivity index is 2.57. The molecule has 0 aliphatic carbocycles. The fourth-order valence-electron chi connectivity index (χ4n) is 5.36. The highest BCUT2D eigenvalue weighted by atomic mass is 16.6. The molecule has 2 saturated heterocycles. The van der Waals surface area contributed by atoms with Crippen LogP contribution in [0.15, 0.2) is 0 Å². The number of alkyl carbamates (subject to hydrolysis) is 1. The highest BCUT2D eigenvalue weighted by Crippen LogP contribution is 2.39. The summed E-state index contributed by atoms with van der Waals surface area (Å²) in [4.78, 5) is 51.8. The van der Waals surface area contributed by atoms with Crippen LogP contribution in [-0.4, -0.2) is 54.1 Å². The standard InChI is InChI=1S/C24H39NO7/c1-10-17-24(8)20(25-22(29)32-24)14(4)18(26)12(2)11-23(7,30-9)16(6)13(3)19(27)15(5)21(28)31-17/h12-17,20H,10-11H2,1-9H3,(H,25,29). The van der Waals surface area contributed by atoms with Gasteiger partial charge in [-0.05, 0) is 39.5 Å². The zero-order chi connectivity index (χ0) is 24.6. The first-order valence-electron chi connectivity index (χ1n) is 11.6. The summed E-state index contributed by atoms with van der Waals surface area (Å²) in [6.45, 7) is 14.2. The number of ketones is 2. The smallest absolute Gasteiger partial charge is 0.408 e. The van der Waals surface area contributed by atoms with E-state index in [2.05, 4.69) is 5.32 Å². The second kappa shape index (κ2) is 9.49. The Morgan fingerprint density at radius 2 is 1.59 bits per heavy atom. The zero-order valence-corrected chi connectivity index (χ0v) is 20.8. The molecule has 0 spiro atoms. The zero-order valence-electron chi connectivity index (χ0n) is 20.8. The molecular formula is C24H39NO7. The van der Waals surface area contributed by atoms with Gasteiger partial charge in [0.15, 0.2) is 5.60 Å². The van der Waals surface area contributed by atoms with Crippen molar-refractivity contribution in [3.63, 3.8) is 0 Å². The number of rotatable bonds is 2. The van der Waals surface area contributed by atoms with E-state index in [9.17, 15) is 19.2 Å². The minimum atomic E-state index is -1.24. The van der Waals surface area contributed by atoms with E-state index in [1.54, 1.807) is 34.8 Å². The summed E-state index contributed by atoms with van der Waals surface area (Å²) < 4.78 is 17.2. The average Bonchev–Trinajstić information content (AvgIpc) is 3.07. The third-order valence-electron chi connectivity index (χ3n) is 8.03. The van der Waals surface area contributed by atoms with Gasteiger partial charge in [-0.25, -0.2) is 4.79 Å². The SMILES string of the molecule is CCC1OC(=O)C(C)C(=O)C(C)C(C)C(C)(OC)CC(C)C(=O)C(C)C2NC(=O)OC12C. The van der Waals surface area contributed by atoms with Crippen LogP contribution in [0.1, 0.15) is 68.2 Å². The minimum Gasteiger partial charge on any atom is -0.458 e. The molecule has 9 unspecified atom stereocenters. The molecule has 1 N–H and O–H groups in total. The molecule has 0 aromatic rings. The van der Waals surface area contributed by atoms with Crippen molar-refractivity contribution in [3.8, 4) is 0 Å². The maximum absolute atomic E-state index is 13.4. The number of hydrogen-bond donors (Lipinski definition) is 1. The molecule has 2 rings (SSSR count). The number of nitrogens with one attached hydrogen (secondary N) is 1. The van der Waals surface area contributed by atoms with Gasteiger partial charge in [0.1, 0.15) is 23.6 Å². The van der Waals surface area contributed by atoms with Crippen molar-refractivity contribution in [1.29, 1.82) is 0 Å². The van der Waals surface area contributed by atoms with Crippen molar-refractivity contribution < 1.29 is 33.4 Å². The van der Waals surface area contributed by atoms with Crippen molar-refractivity contribution in [2.45, 2.75) is 91.6 Å². The number of hydrogen-bond acceptors (Lipinski definition) is 7. The monoisotopic (exact) mass is 453 g/mol. The Morgan fingerprint density at radius 3 is 2.12 bits per heavy atom. The fourth-order valence-corrected chi connectivity index (χ4v) is 5.36. The number of carbonyl (C=O) groups excluding carboxylic acids is 4. The molecular weight excluding hydrogens is 414 g/mol. The van der Waals surface area contributed by atoms with Crippen molar-refractivity contribution in [3.05, 3.63) is 0 Å². The summed E-state index contributed by atoms with van der Waals surface area (Å²) in [6, 6.07) is -0.679. The number of cyclic esters (lactones) is 1. The molecule has 8 nitrogen and oxygen atoms in total. The molecule has 2 aliphatic heterocycles. The molecule has 32 heavy (non-hydrogen) atoms. The molecule has 0 aromatic heterocycles. The number of ether oxygens (including phenoxy) is 3. The second-order valence-electron chi connectivity index (χ2n) is 10.0. The van der Waals surface area contributed by atoms with Gasteiger partial charge in [-0.15, -0.1) is 0 Å². The van der Waals surface area contributed by atoms with Gasteiger partial charge < -0.3 is 19.5 Å². The minimum absolute atomic E-state index is 0.0481. The first-order chi connectivity index (χ1) is 14.7. The molecule has 0 bridgehead atoms. The third-order valence-corrected chi connectivity index (χ3v) is 8.03. The van der Waals surface area contributed by atoms with Crippen LogP contribution in [0.3, 0.4) is 0 Å². The summed E-state index contributed by atoms with van der Waals surface area (Å²) in [7, 11) is 1.57. The lowest BCUT2D eigenvalue weighted by molar-refractivity contribution is -0.171. The lowest BCUT2D eigenvalue weighted by Gasteiger charge is -2.42. The van der Waals surface area contributed by atoms with Gasteiger partial charge in [-0.2, -0.15) is 0 Å². The summed E-state index contributed by atoms with van der Waals surface area (Å²) in [6.07, 6.45) is -0.699. The molecule has 2 aliphatic rings. The normalized spacial score (nSPS) is 44.2. The Kier molecular flexibility index (Phi) is 7.80. The van der Waals surface area contributed by atoms with E-state index >= 15 is 0 Å². The lowest BCUT2D eigenvalue weighted by Crippen LogP contribution is -2.57. The predicted molar refractivity (Wildman–Crippen MR) is 118 cm³/mol. The summed E-state index contributed by atoms with van der Waals surface area (Å²) in [5, 5.41) is 2.76. The number of carbonyl (C=O) groups is 4. The van der Waals surface area contributed by atoms with Crippen LogP contribution in [0.4, 0.5) is 4.79 Å². The molecule has 182 valence electrons. The Hall–Kier alpha value is -1.96. The maximum atomic E-state index is 13.4. The Morgan fingerprint density at radius 1 is 1.00 bits per heavy atom. The highest BCUT2D eigenvalue weighted by molar-refractivity contribution is 6.00. The van der Waals surface area contributed by atoms with Crippen molar-refractivity contribution >= 4 is 23.6 Å². The van der Waals surface area contributed by atoms with Gasteiger partial charge in [-0.3, -0.25) is 14.4 Å². The van der Waals surface area contributed by atoms with E-state index in [1.165, 1.54) is 0 Å². The molecule has 1 amide bonds. The van der Waals surface area contributed by atoms with Crippen LogP contribution in [0.25, 0.3) is 0 Å². The van der Waals surface area contributed by atoms with E-state index in [0.29, 0.717) is 12.8 Å². The summed E-state index contributed by atoms with van der Waals surface area (Å²) in [5.41, 5.74) is -2.01. The van der Waals surface area contributed by atoms with E-state index in [-0.39, 0.29) is 23.4 Å². The Labute approximate surface area is 191 Å². The summed E-state index contributed by atoms with van der Waals surface area (Å²) >= 11 is 0. The van der Waals surface area contributed by atoms with Crippen LogP contribution in [0, 0.1) is 29.6 Å².